The standard InChI is InChI=1S/C19H17ClFN3O2S/c20-11-5-6-14(13(21)9-11)23-16(25)7-8-24-10-22-18-17(19(24)26)12-3-1-2-4-15(12)27-18/h5-6,9-10H,1-4,7-8H2,(H,23,25). The maximum Gasteiger partial charge on any atom is 0.262 e. The van der Waals surface area contributed by atoms with Crippen LogP contribution in [0.5, 0.6) is 0 Å². The van der Waals surface area contributed by atoms with Gasteiger partial charge in [-0.15, -0.1) is 11.3 Å². The van der Waals surface area contributed by atoms with Gasteiger partial charge in [-0.1, -0.05) is 11.6 Å². The average molecular weight is 406 g/mol. The Morgan fingerprint density at radius 2 is 2.15 bits per heavy atom. The first-order valence-corrected chi connectivity index (χ1v) is 9.97. The molecule has 5 nitrogen and oxygen atoms in total. The van der Waals surface area contributed by atoms with Gasteiger partial charge in [-0.05, 0) is 49.4 Å². The van der Waals surface area contributed by atoms with Crippen LogP contribution in [-0.2, 0) is 24.2 Å². The van der Waals surface area contributed by atoms with Crippen molar-refractivity contribution in [1.29, 1.82) is 0 Å². The Hall–Kier alpha value is -2.25. The van der Waals surface area contributed by atoms with E-state index < -0.39 is 5.82 Å². The second-order valence-electron chi connectivity index (χ2n) is 6.56. The monoisotopic (exact) mass is 405 g/mol. The largest absolute Gasteiger partial charge is 0.324 e. The fourth-order valence-corrected chi connectivity index (χ4v) is 4.74. The Bertz CT molecular complexity index is 1090. The van der Waals surface area contributed by atoms with Crippen LogP contribution in [0.4, 0.5) is 10.1 Å². The number of anilines is 1. The fraction of sp³-hybridized carbons (Fsp3) is 0.316. The summed E-state index contributed by atoms with van der Waals surface area (Å²) in [6.07, 6.45) is 5.68. The van der Waals surface area contributed by atoms with Gasteiger partial charge in [0.25, 0.3) is 5.56 Å². The highest BCUT2D eigenvalue weighted by molar-refractivity contribution is 7.18. The van der Waals surface area contributed by atoms with Crippen molar-refractivity contribution in [2.24, 2.45) is 0 Å². The smallest absolute Gasteiger partial charge is 0.262 e. The number of fused-ring (bicyclic) bond motifs is 3. The van der Waals surface area contributed by atoms with E-state index in [2.05, 4.69) is 10.3 Å². The fourth-order valence-electron chi connectivity index (χ4n) is 3.37. The molecule has 0 unspecified atom stereocenters. The third-order valence-electron chi connectivity index (χ3n) is 4.73. The average Bonchev–Trinajstić information content (AvgIpc) is 3.03. The van der Waals surface area contributed by atoms with Crippen molar-refractivity contribution in [3.05, 3.63) is 56.2 Å². The summed E-state index contributed by atoms with van der Waals surface area (Å²) in [7, 11) is 0. The predicted octanol–water partition coefficient (Wildman–Crippen LogP) is 4.16. The topological polar surface area (TPSA) is 64.0 Å². The highest BCUT2D eigenvalue weighted by Crippen LogP contribution is 2.33. The summed E-state index contributed by atoms with van der Waals surface area (Å²) < 4.78 is 15.2. The number of aromatic nitrogens is 2. The van der Waals surface area contributed by atoms with Gasteiger partial charge in [0.1, 0.15) is 10.6 Å². The van der Waals surface area contributed by atoms with E-state index in [4.69, 9.17) is 11.6 Å². The first-order valence-electron chi connectivity index (χ1n) is 8.77. The molecular weight excluding hydrogens is 389 g/mol. The van der Waals surface area contributed by atoms with E-state index in [1.165, 1.54) is 27.9 Å². The van der Waals surface area contributed by atoms with Crippen molar-refractivity contribution in [2.75, 3.05) is 5.32 Å². The van der Waals surface area contributed by atoms with Gasteiger partial charge in [-0.3, -0.25) is 14.2 Å². The molecule has 0 saturated heterocycles. The van der Waals surface area contributed by atoms with Crippen molar-refractivity contribution < 1.29 is 9.18 Å². The molecule has 0 atom stereocenters. The lowest BCUT2D eigenvalue weighted by atomic mass is 9.97. The lowest BCUT2D eigenvalue weighted by Gasteiger charge is -2.10. The van der Waals surface area contributed by atoms with Crippen LogP contribution in [0.25, 0.3) is 10.2 Å². The zero-order valence-corrected chi connectivity index (χ0v) is 16.0. The van der Waals surface area contributed by atoms with Crippen LogP contribution in [0, 0.1) is 5.82 Å². The molecular formula is C19H17ClFN3O2S. The molecule has 1 N–H and O–H groups in total. The number of aryl methyl sites for hydroxylation is 3. The van der Waals surface area contributed by atoms with Gasteiger partial charge in [-0.2, -0.15) is 0 Å². The number of rotatable bonds is 4. The van der Waals surface area contributed by atoms with Gasteiger partial charge in [0.05, 0.1) is 17.4 Å². The van der Waals surface area contributed by atoms with Gasteiger partial charge >= 0.3 is 0 Å². The molecule has 0 spiro atoms. The van der Waals surface area contributed by atoms with Gasteiger partial charge < -0.3 is 5.32 Å². The molecule has 0 saturated carbocycles. The molecule has 8 heteroatoms. The Morgan fingerprint density at radius 3 is 2.96 bits per heavy atom. The minimum atomic E-state index is -0.596. The van der Waals surface area contributed by atoms with Crippen LogP contribution in [-0.4, -0.2) is 15.5 Å². The first kappa shape index (κ1) is 18.1. The third-order valence-corrected chi connectivity index (χ3v) is 6.16. The number of amides is 1. The normalized spacial score (nSPS) is 13.6. The highest BCUT2D eigenvalue weighted by atomic mass is 35.5. The molecule has 140 valence electrons. The van der Waals surface area contributed by atoms with Gasteiger partial charge in [0, 0.05) is 22.9 Å². The van der Waals surface area contributed by atoms with Crippen LogP contribution >= 0.6 is 22.9 Å². The summed E-state index contributed by atoms with van der Waals surface area (Å²) in [4.78, 5) is 31.4. The Labute approximate surface area is 163 Å². The van der Waals surface area contributed by atoms with Crippen molar-refractivity contribution in [3.63, 3.8) is 0 Å². The van der Waals surface area contributed by atoms with Crippen LogP contribution < -0.4 is 10.9 Å². The number of nitrogens with one attached hydrogen (secondary N) is 1. The quantitative estimate of drug-likeness (QED) is 0.708. The molecule has 0 radical (unpaired) electrons. The molecule has 0 fully saturated rings. The zero-order valence-electron chi connectivity index (χ0n) is 14.4. The molecule has 1 aliphatic rings. The second-order valence-corrected chi connectivity index (χ2v) is 8.08. The van der Waals surface area contributed by atoms with Crippen molar-refractivity contribution in [3.8, 4) is 0 Å². The molecule has 0 bridgehead atoms. The van der Waals surface area contributed by atoms with Crippen molar-refractivity contribution in [1.82, 2.24) is 9.55 Å². The minimum absolute atomic E-state index is 0.0431. The van der Waals surface area contributed by atoms with Crippen LogP contribution in [0.15, 0.2) is 29.3 Å². The Kier molecular flexibility index (Phi) is 4.97. The van der Waals surface area contributed by atoms with Gasteiger partial charge in [0.2, 0.25) is 5.91 Å². The number of carbonyl (C=O) groups is 1. The number of nitrogens with zero attached hydrogens (tertiary/aromatic N) is 2. The second kappa shape index (κ2) is 7.40. The molecule has 3 aromatic rings. The molecule has 1 amide bonds. The van der Waals surface area contributed by atoms with Gasteiger partial charge in [-0.25, -0.2) is 9.37 Å². The lowest BCUT2D eigenvalue weighted by molar-refractivity contribution is -0.116. The molecule has 1 aromatic carbocycles. The maximum atomic E-state index is 13.8. The lowest BCUT2D eigenvalue weighted by Crippen LogP contribution is -2.24. The van der Waals surface area contributed by atoms with Crippen molar-refractivity contribution >= 4 is 44.7 Å². The van der Waals surface area contributed by atoms with Crippen LogP contribution in [0.2, 0.25) is 5.02 Å². The molecule has 1 aliphatic carbocycles. The third kappa shape index (κ3) is 3.61. The Morgan fingerprint density at radius 1 is 1.33 bits per heavy atom. The number of hydrogen-bond acceptors (Lipinski definition) is 4. The van der Waals surface area contributed by atoms with E-state index >= 15 is 0 Å². The summed E-state index contributed by atoms with van der Waals surface area (Å²) in [5.74, 6) is -0.975. The maximum absolute atomic E-state index is 13.8. The van der Waals surface area contributed by atoms with E-state index in [1.807, 2.05) is 0 Å². The summed E-state index contributed by atoms with van der Waals surface area (Å²) in [6.45, 7) is 0.188. The summed E-state index contributed by atoms with van der Waals surface area (Å²) in [5, 5.41) is 3.46. The number of halogens is 2. The van der Waals surface area contributed by atoms with Gasteiger partial charge in [0.15, 0.2) is 0 Å². The number of benzene rings is 1. The Balaban J connectivity index is 1.51. The first-order chi connectivity index (χ1) is 13.0. The minimum Gasteiger partial charge on any atom is -0.324 e. The molecule has 4 rings (SSSR count). The molecule has 0 aliphatic heterocycles. The van der Waals surface area contributed by atoms with E-state index in [0.717, 1.165) is 42.1 Å². The molecule has 27 heavy (non-hydrogen) atoms. The number of carbonyl (C=O) groups excluding carboxylic acids is 1. The summed E-state index contributed by atoms with van der Waals surface area (Å²) in [5.41, 5.74) is 1.09. The highest BCUT2D eigenvalue weighted by Gasteiger charge is 2.20. The number of thiophene rings is 1. The number of hydrogen-bond donors (Lipinski definition) is 1. The zero-order chi connectivity index (χ0) is 19.0. The summed E-state index contributed by atoms with van der Waals surface area (Å²) in [6, 6.07) is 4.05. The predicted molar refractivity (Wildman–Crippen MR) is 105 cm³/mol. The molecule has 2 aromatic heterocycles. The molecule has 2 heterocycles. The van der Waals surface area contributed by atoms with E-state index in [-0.39, 0.29) is 35.1 Å². The summed E-state index contributed by atoms with van der Waals surface area (Å²) >= 11 is 7.30. The van der Waals surface area contributed by atoms with Crippen LogP contribution in [0.3, 0.4) is 0 Å². The van der Waals surface area contributed by atoms with Crippen LogP contribution in [0.1, 0.15) is 29.7 Å². The SMILES string of the molecule is O=C(CCn1cnc2sc3c(c2c1=O)CCCC3)Nc1ccc(Cl)cc1F. The van der Waals surface area contributed by atoms with E-state index in [0.29, 0.717) is 5.39 Å². The van der Waals surface area contributed by atoms with Crippen molar-refractivity contribution in [2.45, 2.75) is 38.6 Å². The van der Waals surface area contributed by atoms with E-state index in [9.17, 15) is 14.0 Å². The van der Waals surface area contributed by atoms with E-state index in [1.54, 1.807) is 11.3 Å².